The first kappa shape index (κ1) is 13.3. The van der Waals surface area contributed by atoms with Crippen molar-refractivity contribution in [2.45, 2.75) is 52.1 Å². The van der Waals surface area contributed by atoms with Crippen molar-refractivity contribution in [3.63, 3.8) is 0 Å². The molecule has 0 unspecified atom stereocenters. The molecule has 3 heteroatoms. The number of aromatic nitrogens is 1. The number of hydrogen-bond donors (Lipinski definition) is 1. The fourth-order valence-electron chi connectivity index (χ4n) is 2.23. The van der Waals surface area contributed by atoms with Crippen LogP contribution in [0.25, 0.3) is 0 Å². The Bertz CT molecular complexity index is 376. The minimum absolute atomic E-state index is 0.161. The van der Waals surface area contributed by atoms with Crippen molar-refractivity contribution in [1.29, 1.82) is 0 Å². The molecule has 0 aromatic carbocycles. The number of nitrogens with one attached hydrogen (secondary N) is 1. The maximum absolute atomic E-state index is 4.51. The Morgan fingerprint density at radius 1 is 1.22 bits per heavy atom. The molecule has 0 spiro atoms. The second-order valence-electron chi connectivity index (χ2n) is 6.17. The largest absolute Gasteiger partial charge is 0.357 e. The van der Waals surface area contributed by atoms with E-state index in [1.54, 1.807) is 0 Å². The summed E-state index contributed by atoms with van der Waals surface area (Å²) in [6.45, 7) is 9.80. The van der Waals surface area contributed by atoms with Gasteiger partial charge in [0.1, 0.15) is 5.82 Å². The van der Waals surface area contributed by atoms with Gasteiger partial charge in [-0.25, -0.2) is 4.98 Å². The summed E-state index contributed by atoms with van der Waals surface area (Å²) in [5.41, 5.74) is 1.48. The van der Waals surface area contributed by atoms with E-state index < -0.39 is 0 Å². The lowest BCUT2D eigenvalue weighted by Gasteiger charge is -2.28. The van der Waals surface area contributed by atoms with Gasteiger partial charge in [-0.15, -0.1) is 0 Å². The normalized spacial score (nSPS) is 16.9. The van der Waals surface area contributed by atoms with Crippen molar-refractivity contribution < 1.29 is 0 Å². The highest BCUT2D eigenvalue weighted by Crippen LogP contribution is 2.18. The lowest BCUT2D eigenvalue weighted by atomic mass is 10.1. The summed E-state index contributed by atoms with van der Waals surface area (Å²) in [5.74, 6) is 1.14. The van der Waals surface area contributed by atoms with Crippen LogP contribution in [0.1, 0.15) is 45.6 Å². The van der Waals surface area contributed by atoms with Crippen molar-refractivity contribution in [2.75, 3.05) is 18.0 Å². The van der Waals surface area contributed by atoms with Gasteiger partial charge in [0, 0.05) is 31.4 Å². The van der Waals surface area contributed by atoms with Crippen LogP contribution in [-0.2, 0) is 6.54 Å². The molecular weight excluding hydrogens is 222 g/mol. The van der Waals surface area contributed by atoms with Gasteiger partial charge >= 0.3 is 0 Å². The Hall–Kier alpha value is -1.09. The molecule has 0 saturated carbocycles. The molecule has 1 aromatic rings. The van der Waals surface area contributed by atoms with Crippen LogP contribution in [0.4, 0.5) is 5.82 Å². The molecule has 0 radical (unpaired) electrons. The first-order chi connectivity index (χ1) is 8.54. The lowest BCUT2D eigenvalue weighted by Crippen LogP contribution is -2.35. The molecule has 1 saturated heterocycles. The molecule has 3 nitrogen and oxygen atoms in total. The van der Waals surface area contributed by atoms with Crippen molar-refractivity contribution in [2.24, 2.45) is 0 Å². The van der Waals surface area contributed by atoms with Crippen LogP contribution in [0.5, 0.6) is 0 Å². The van der Waals surface area contributed by atoms with Crippen LogP contribution >= 0.6 is 0 Å². The minimum atomic E-state index is 0.161. The van der Waals surface area contributed by atoms with Crippen molar-refractivity contribution in [1.82, 2.24) is 10.3 Å². The minimum Gasteiger partial charge on any atom is -0.357 e. The molecule has 0 aliphatic carbocycles. The zero-order valence-electron chi connectivity index (χ0n) is 11.9. The van der Waals surface area contributed by atoms with Gasteiger partial charge in [0.15, 0.2) is 0 Å². The van der Waals surface area contributed by atoms with Gasteiger partial charge in [-0.3, -0.25) is 0 Å². The van der Waals surface area contributed by atoms with E-state index in [1.165, 1.54) is 24.8 Å². The van der Waals surface area contributed by atoms with Gasteiger partial charge in [0.2, 0.25) is 0 Å². The van der Waals surface area contributed by atoms with Gasteiger partial charge < -0.3 is 10.2 Å². The molecule has 2 rings (SSSR count). The van der Waals surface area contributed by atoms with Crippen LogP contribution in [0.3, 0.4) is 0 Å². The average molecular weight is 247 g/mol. The highest BCUT2D eigenvalue weighted by atomic mass is 15.2. The van der Waals surface area contributed by atoms with Gasteiger partial charge in [0.05, 0.1) is 0 Å². The summed E-state index contributed by atoms with van der Waals surface area (Å²) in [6.07, 6.45) is 5.89. The van der Waals surface area contributed by atoms with Gasteiger partial charge in [-0.2, -0.15) is 0 Å². The van der Waals surface area contributed by atoms with E-state index in [-0.39, 0.29) is 5.54 Å². The van der Waals surface area contributed by atoms with Gasteiger partial charge in [-0.1, -0.05) is 0 Å². The van der Waals surface area contributed by atoms with E-state index in [0.717, 1.165) is 25.5 Å². The SMILES string of the molecule is CC(C)(C)NCc1ccnc(N2CCCCC2)c1. The molecule has 18 heavy (non-hydrogen) atoms. The second kappa shape index (κ2) is 5.70. The summed E-state index contributed by atoms with van der Waals surface area (Å²) in [6, 6.07) is 4.33. The number of pyridine rings is 1. The zero-order valence-corrected chi connectivity index (χ0v) is 11.9. The number of anilines is 1. The summed E-state index contributed by atoms with van der Waals surface area (Å²) in [7, 11) is 0. The molecule has 1 aliphatic rings. The van der Waals surface area contributed by atoms with Gasteiger partial charge in [-0.05, 0) is 57.7 Å². The highest BCUT2D eigenvalue weighted by Gasteiger charge is 2.13. The number of rotatable bonds is 3. The molecule has 1 N–H and O–H groups in total. The summed E-state index contributed by atoms with van der Waals surface area (Å²) < 4.78 is 0. The summed E-state index contributed by atoms with van der Waals surface area (Å²) >= 11 is 0. The molecule has 0 atom stereocenters. The fraction of sp³-hybridized carbons (Fsp3) is 0.667. The topological polar surface area (TPSA) is 28.2 Å². The maximum atomic E-state index is 4.51. The molecule has 2 heterocycles. The third kappa shape index (κ3) is 3.98. The Balaban J connectivity index is 2.00. The quantitative estimate of drug-likeness (QED) is 0.890. The molecular formula is C15H25N3. The van der Waals surface area contributed by atoms with Crippen LogP contribution in [0.15, 0.2) is 18.3 Å². The third-order valence-corrected chi connectivity index (χ3v) is 3.31. The zero-order chi connectivity index (χ0) is 13.0. The molecule has 100 valence electrons. The maximum Gasteiger partial charge on any atom is 0.128 e. The van der Waals surface area contributed by atoms with Gasteiger partial charge in [0.25, 0.3) is 0 Å². The highest BCUT2D eigenvalue weighted by molar-refractivity contribution is 5.41. The standard InChI is InChI=1S/C15H25N3/c1-15(2,3)17-12-13-7-8-16-14(11-13)18-9-5-4-6-10-18/h7-8,11,17H,4-6,9-10,12H2,1-3H3. The second-order valence-corrected chi connectivity index (χ2v) is 6.17. The number of piperidine rings is 1. The first-order valence-corrected chi connectivity index (χ1v) is 6.99. The number of hydrogen-bond acceptors (Lipinski definition) is 3. The number of nitrogens with zero attached hydrogens (tertiary/aromatic N) is 2. The molecule has 1 fully saturated rings. The Morgan fingerprint density at radius 2 is 1.94 bits per heavy atom. The third-order valence-electron chi connectivity index (χ3n) is 3.31. The molecule has 0 amide bonds. The van der Waals surface area contributed by atoms with Crippen LogP contribution < -0.4 is 10.2 Å². The Morgan fingerprint density at radius 3 is 2.61 bits per heavy atom. The van der Waals surface area contributed by atoms with E-state index in [0.29, 0.717) is 0 Å². The molecule has 0 bridgehead atoms. The smallest absolute Gasteiger partial charge is 0.128 e. The molecule has 1 aromatic heterocycles. The summed E-state index contributed by atoms with van der Waals surface area (Å²) in [5, 5.41) is 3.52. The van der Waals surface area contributed by atoms with Crippen LogP contribution in [-0.4, -0.2) is 23.6 Å². The van der Waals surface area contributed by atoms with E-state index in [1.807, 2.05) is 6.20 Å². The first-order valence-electron chi connectivity index (χ1n) is 6.99. The monoisotopic (exact) mass is 247 g/mol. The fourth-order valence-corrected chi connectivity index (χ4v) is 2.23. The average Bonchev–Trinajstić information content (AvgIpc) is 2.37. The van der Waals surface area contributed by atoms with Crippen LogP contribution in [0.2, 0.25) is 0 Å². The van der Waals surface area contributed by atoms with Crippen LogP contribution in [0, 0.1) is 0 Å². The van der Waals surface area contributed by atoms with E-state index in [2.05, 4.69) is 48.1 Å². The summed E-state index contributed by atoms with van der Waals surface area (Å²) in [4.78, 5) is 6.91. The van der Waals surface area contributed by atoms with Crippen molar-refractivity contribution in [3.05, 3.63) is 23.9 Å². The Kier molecular flexibility index (Phi) is 4.23. The van der Waals surface area contributed by atoms with E-state index in [9.17, 15) is 0 Å². The van der Waals surface area contributed by atoms with E-state index >= 15 is 0 Å². The predicted molar refractivity (Wildman–Crippen MR) is 76.9 cm³/mol. The molecule has 1 aliphatic heterocycles. The lowest BCUT2D eigenvalue weighted by molar-refractivity contribution is 0.424. The van der Waals surface area contributed by atoms with Crippen molar-refractivity contribution >= 4 is 5.82 Å². The van der Waals surface area contributed by atoms with E-state index in [4.69, 9.17) is 0 Å². The van der Waals surface area contributed by atoms with Crippen molar-refractivity contribution in [3.8, 4) is 0 Å². The predicted octanol–water partition coefficient (Wildman–Crippen LogP) is 2.96. The Labute approximate surface area is 111 Å².